The summed E-state index contributed by atoms with van der Waals surface area (Å²) in [6.45, 7) is 10.8. The maximum Gasteiger partial charge on any atom is 0.0319 e. The van der Waals surface area contributed by atoms with Crippen LogP contribution in [0.4, 0.5) is 0 Å². The van der Waals surface area contributed by atoms with Gasteiger partial charge in [-0.3, -0.25) is 0 Å². The molecule has 1 heteroatoms. The van der Waals surface area contributed by atoms with Crippen LogP contribution in [0, 0.1) is 0 Å². The molecule has 1 aromatic carbocycles. The smallest absolute Gasteiger partial charge is 0.0319 e. The predicted octanol–water partition coefficient (Wildman–Crippen LogP) is 4.01. The summed E-state index contributed by atoms with van der Waals surface area (Å²) >= 11 is 0. The molecule has 0 saturated carbocycles. The number of hydrogen-bond donors (Lipinski definition) is 1. The van der Waals surface area contributed by atoms with Crippen molar-refractivity contribution in [3.05, 3.63) is 35.9 Å². The maximum absolute atomic E-state index is 7.00. The van der Waals surface area contributed by atoms with Crippen molar-refractivity contribution in [1.82, 2.24) is 0 Å². The van der Waals surface area contributed by atoms with Gasteiger partial charge in [-0.15, -0.1) is 0 Å². The van der Waals surface area contributed by atoms with E-state index >= 15 is 0 Å². The Hall–Kier alpha value is -0.820. The summed E-state index contributed by atoms with van der Waals surface area (Å²) in [5, 5.41) is 7.00. The third-order valence-corrected chi connectivity index (χ3v) is 2.44. The van der Waals surface area contributed by atoms with Gasteiger partial charge in [-0.1, -0.05) is 65.0 Å². The summed E-state index contributed by atoms with van der Waals surface area (Å²) in [5.74, 6) is 0. The molecule has 1 N–H and O–H groups in total. The molecule has 0 amide bonds. The molecular formula is C14H26O. The second kappa shape index (κ2) is 9.72. The van der Waals surface area contributed by atoms with Gasteiger partial charge in [0.2, 0.25) is 0 Å². The predicted molar refractivity (Wildman–Crippen MR) is 69.2 cm³/mol. The molecule has 0 bridgehead atoms. The van der Waals surface area contributed by atoms with Gasteiger partial charge < -0.3 is 5.11 Å². The topological polar surface area (TPSA) is 20.2 Å². The molecular weight excluding hydrogens is 184 g/mol. The molecule has 0 atom stereocenters. The fourth-order valence-corrected chi connectivity index (χ4v) is 1.09. The number of aliphatic hydroxyl groups is 1. The molecule has 1 rings (SSSR count). The quantitative estimate of drug-likeness (QED) is 0.782. The van der Waals surface area contributed by atoms with Crippen LogP contribution in [0.25, 0.3) is 0 Å². The van der Waals surface area contributed by atoms with Gasteiger partial charge in [0.05, 0.1) is 0 Å². The lowest BCUT2D eigenvalue weighted by atomic mass is 9.82. The van der Waals surface area contributed by atoms with E-state index in [1.54, 1.807) is 0 Å². The van der Waals surface area contributed by atoms with Crippen molar-refractivity contribution >= 4 is 0 Å². The Kier molecular flexibility index (Phi) is 10.8. The van der Waals surface area contributed by atoms with Crippen molar-refractivity contribution in [2.75, 3.05) is 7.11 Å². The highest BCUT2D eigenvalue weighted by Gasteiger charge is 2.16. The van der Waals surface area contributed by atoms with E-state index in [4.69, 9.17) is 5.11 Å². The molecule has 88 valence electrons. The van der Waals surface area contributed by atoms with Crippen molar-refractivity contribution in [3.8, 4) is 0 Å². The van der Waals surface area contributed by atoms with Gasteiger partial charge in [0, 0.05) is 7.11 Å². The van der Waals surface area contributed by atoms with Crippen LogP contribution in [0.2, 0.25) is 0 Å². The second-order valence-corrected chi connectivity index (χ2v) is 3.60. The number of hydrogen-bond acceptors (Lipinski definition) is 1. The highest BCUT2D eigenvalue weighted by atomic mass is 16.2. The first-order valence-electron chi connectivity index (χ1n) is 5.67. The van der Waals surface area contributed by atoms with Crippen molar-refractivity contribution in [1.29, 1.82) is 0 Å². The zero-order valence-electron chi connectivity index (χ0n) is 11.0. The molecule has 1 nitrogen and oxygen atoms in total. The monoisotopic (exact) mass is 210 g/mol. The van der Waals surface area contributed by atoms with Crippen molar-refractivity contribution < 1.29 is 5.11 Å². The number of rotatable bonds is 2. The van der Waals surface area contributed by atoms with E-state index in [0.29, 0.717) is 5.41 Å². The summed E-state index contributed by atoms with van der Waals surface area (Å²) in [7, 11) is 1.00. The van der Waals surface area contributed by atoms with E-state index in [1.165, 1.54) is 12.0 Å². The van der Waals surface area contributed by atoms with Gasteiger partial charge in [-0.2, -0.15) is 0 Å². The van der Waals surface area contributed by atoms with Crippen LogP contribution in [-0.4, -0.2) is 12.2 Å². The zero-order valence-corrected chi connectivity index (χ0v) is 11.0. The van der Waals surface area contributed by atoms with Crippen molar-refractivity contribution in [2.24, 2.45) is 0 Å². The lowest BCUT2D eigenvalue weighted by Crippen LogP contribution is -2.14. The van der Waals surface area contributed by atoms with Gasteiger partial charge in [0.25, 0.3) is 0 Å². The molecule has 0 aliphatic heterocycles. The average Bonchev–Trinajstić information content (AvgIpc) is 2.35. The van der Waals surface area contributed by atoms with E-state index in [1.807, 2.05) is 13.8 Å². The SMILES string of the molecule is CC.CCC(C)(C)c1ccccc1.CO. The van der Waals surface area contributed by atoms with Crippen molar-refractivity contribution in [2.45, 2.75) is 46.5 Å². The summed E-state index contributed by atoms with van der Waals surface area (Å²) in [6.07, 6.45) is 1.19. The molecule has 0 aromatic heterocycles. The summed E-state index contributed by atoms with van der Waals surface area (Å²) in [5.41, 5.74) is 1.77. The van der Waals surface area contributed by atoms with Crippen molar-refractivity contribution in [3.63, 3.8) is 0 Å². The average molecular weight is 210 g/mol. The Bertz CT molecular complexity index is 214. The van der Waals surface area contributed by atoms with E-state index < -0.39 is 0 Å². The normalized spacial score (nSPS) is 9.27. The molecule has 0 unspecified atom stereocenters. The first-order valence-corrected chi connectivity index (χ1v) is 5.67. The summed E-state index contributed by atoms with van der Waals surface area (Å²) < 4.78 is 0. The third-order valence-electron chi connectivity index (χ3n) is 2.44. The molecule has 0 saturated heterocycles. The van der Waals surface area contributed by atoms with E-state index in [-0.39, 0.29) is 0 Å². The van der Waals surface area contributed by atoms with E-state index in [2.05, 4.69) is 51.1 Å². The van der Waals surface area contributed by atoms with Gasteiger partial charge in [-0.25, -0.2) is 0 Å². The molecule has 0 heterocycles. The molecule has 0 aliphatic rings. The Labute approximate surface area is 95.2 Å². The Balaban J connectivity index is 0. The fourth-order valence-electron chi connectivity index (χ4n) is 1.09. The largest absolute Gasteiger partial charge is 0.400 e. The molecule has 15 heavy (non-hydrogen) atoms. The summed E-state index contributed by atoms with van der Waals surface area (Å²) in [6, 6.07) is 10.7. The fraction of sp³-hybridized carbons (Fsp3) is 0.571. The number of benzene rings is 1. The molecule has 0 fully saturated rings. The first-order chi connectivity index (χ1) is 7.17. The molecule has 0 radical (unpaired) electrons. The van der Waals surface area contributed by atoms with Crippen LogP contribution >= 0.6 is 0 Å². The Morgan fingerprint density at radius 3 is 1.73 bits per heavy atom. The van der Waals surface area contributed by atoms with Gasteiger partial charge in [0.15, 0.2) is 0 Å². The highest BCUT2D eigenvalue weighted by molar-refractivity contribution is 5.22. The highest BCUT2D eigenvalue weighted by Crippen LogP contribution is 2.25. The standard InChI is InChI=1S/C11H16.C2H6.CH4O/c1-4-11(2,3)10-8-6-5-7-9-10;2*1-2/h5-9H,4H2,1-3H3;1-2H3;2H,1H3. The summed E-state index contributed by atoms with van der Waals surface area (Å²) in [4.78, 5) is 0. The van der Waals surface area contributed by atoms with Gasteiger partial charge in [0.1, 0.15) is 0 Å². The molecule has 1 aromatic rings. The van der Waals surface area contributed by atoms with E-state index in [9.17, 15) is 0 Å². The third kappa shape index (κ3) is 6.29. The minimum absolute atomic E-state index is 0.335. The minimum atomic E-state index is 0.335. The first kappa shape index (κ1) is 16.6. The lowest BCUT2D eigenvalue weighted by molar-refractivity contribution is 0.399. The van der Waals surface area contributed by atoms with Gasteiger partial charge in [-0.05, 0) is 17.4 Å². The van der Waals surface area contributed by atoms with Crippen LogP contribution < -0.4 is 0 Å². The van der Waals surface area contributed by atoms with Crippen LogP contribution in [0.1, 0.15) is 46.6 Å². The van der Waals surface area contributed by atoms with Crippen LogP contribution in [-0.2, 0) is 5.41 Å². The van der Waals surface area contributed by atoms with Crippen LogP contribution in [0.15, 0.2) is 30.3 Å². The van der Waals surface area contributed by atoms with Crippen LogP contribution in [0.5, 0.6) is 0 Å². The van der Waals surface area contributed by atoms with E-state index in [0.717, 1.165) is 7.11 Å². The Morgan fingerprint density at radius 2 is 1.40 bits per heavy atom. The number of aliphatic hydroxyl groups excluding tert-OH is 1. The Morgan fingerprint density at radius 1 is 1.00 bits per heavy atom. The lowest BCUT2D eigenvalue weighted by Gasteiger charge is -2.22. The molecule has 0 aliphatic carbocycles. The zero-order chi connectivity index (χ0) is 12.3. The molecule has 0 spiro atoms. The van der Waals surface area contributed by atoms with Crippen LogP contribution in [0.3, 0.4) is 0 Å². The second-order valence-electron chi connectivity index (χ2n) is 3.60. The minimum Gasteiger partial charge on any atom is -0.400 e. The maximum atomic E-state index is 7.00. The van der Waals surface area contributed by atoms with Gasteiger partial charge >= 0.3 is 0 Å².